The van der Waals surface area contributed by atoms with E-state index in [-0.39, 0.29) is 29.5 Å². The number of guanidine groups is 1. The van der Waals surface area contributed by atoms with Crippen LogP contribution in [0.5, 0.6) is 0 Å². The van der Waals surface area contributed by atoms with E-state index in [1.807, 2.05) is 12.3 Å². The summed E-state index contributed by atoms with van der Waals surface area (Å²) < 4.78 is 0. The summed E-state index contributed by atoms with van der Waals surface area (Å²) >= 11 is 0. The normalized spacial score (nSPS) is 23.1. The highest BCUT2D eigenvalue weighted by molar-refractivity contribution is 14.0. The molecular formula is C25H44IN7. The summed E-state index contributed by atoms with van der Waals surface area (Å²) in [5.74, 6) is 2.09. The van der Waals surface area contributed by atoms with Crippen LogP contribution in [-0.2, 0) is 0 Å². The number of hydrogen-bond donors (Lipinski definition) is 2. The summed E-state index contributed by atoms with van der Waals surface area (Å²) in [6, 6.07) is 6.64. The van der Waals surface area contributed by atoms with Crippen LogP contribution in [0.25, 0.3) is 0 Å². The monoisotopic (exact) mass is 569 g/mol. The van der Waals surface area contributed by atoms with Crippen molar-refractivity contribution < 1.29 is 0 Å². The number of halogens is 1. The Morgan fingerprint density at radius 3 is 2.42 bits per heavy atom. The third kappa shape index (κ3) is 7.18. The molecule has 0 amide bonds. The zero-order valence-corrected chi connectivity index (χ0v) is 23.0. The number of pyridine rings is 1. The van der Waals surface area contributed by atoms with Gasteiger partial charge in [-0.25, -0.2) is 4.98 Å². The van der Waals surface area contributed by atoms with Crippen molar-refractivity contribution in [2.45, 2.75) is 63.5 Å². The molecule has 3 fully saturated rings. The zero-order chi connectivity index (χ0) is 22.2. The fraction of sp³-hybridized carbons (Fsp3) is 0.760. The van der Waals surface area contributed by atoms with Crippen molar-refractivity contribution in [3.8, 4) is 0 Å². The average molecular weight is 570 g/mol. The molecule has 7 nitrogen and oxygen atoms in total. The summed E-state index contributed by atoms with van der Waals surface area (Å²) in [5, 5.41) is 7.29. The highest BCUT2D eigenvalue weighted by Gasteiger charge is 2.39. The molecule has 186 valence electrons. The Balaban J connectivity index is 0.00000306. The maximum atomic E-state index is 5.19. The Hall–Kier alpha value is -1.13. The summed E-state index contributed by atoms with van der Waals surface area (Å²) in [7, 11) is 2.26. The number of nitrogens with one attached hydrogen (secondary N) is 2. The van der Waals surface area contributed by atoms with Gasteiger partial charge in [0, 0.05) is 37.4 Å². The van der Waals surface area contributed by atoms with Crippen LogP contribution in [0.2, 0.25) is 0 Å². The molecule has 8 heteroatoms. The first-order chi connectivity index (χ1) is 15.7. The molecule has 3 aliphatic rings. The van der Waals surface area contributed by atoms with E-state index in [4.69, 9.17) is 4.99 Å². The third-order valence-corrected chi connectivity index (χ3v) is 7.63. The fourth-order valence-electron chi connectivity index (χ4n) is 5.51. The topological polar surface area (TPSA) is 59.0 Å². The number of likely N-dealkylation sites (tertiary alicyclic amines) is 2. The van der Waals surface area contributed by atoms with Gasteiger partial charge in [0.05, 0.1) is 6.54 Å². The summed E-state index contributed by atoms with van der Waals surface area (Å²) in [6.07, 6.45) is 10.6. The number of anilines is 1. The van der Waals surface area contributed by atoms with Crippen molar-refractivity contribution in [2.75, 3.05) is 64.3 Å². The molecule has 0 radical (unpaired) electrons. The van der Waals surface area contributed by atoms with E-state index in [0.717, 1.165) is 50.8 Å². The predicted molar refractivity (Wildman–Crippen MR) is 149 cm³/mol. The van der Waals surface area contributed by atoms with Gasteiger partial charge in [0.1, 0.15) is 5.82 Å². The van der Waals surface area contributed by atoms with E-state index >= 15 is 0 Å². The molecular weight excluding hydrogens is 525 g/mol. The zero-order valence-electron chi connectivity index (χ0n) is 20.6. The molecule has 3 saturated heterocycles. The van der Waals surface area contributed by atoms with Gasteiger partial charge in [-0.1, -0.05) is 12.5 Å². The molecule has 0 atom stereocenters. The predicted octanol–water partition coefficient (Wildman–Crippen LogP) is 3.17. The van der Waals surface area contributed by atoms with Gasteiger partial charge >= 0.3 is 0 Å². The van der Waals surface area contributed by atoms with Crippen molar-refractivity contribution in [2.24, 2.45) is 4.99 Å². The second kappa shape index (κ2) is 13.1. The fourth-order valence-corrected chi connectivity index (χ4v) is 5.51. The molecule has 0 saturated carbocycles. The lowest BCUT2D eigenvalue weighted by Gasteiger charge is -2.49. The largest absolute Gasteiger partial charge is 0.357 e. The van der Waals surface area contributed by atoms with Crippen molar-refractivity contribution in [3.63, 3.8) is 0 Å². The van der Waals surface area contributed by atoms with Gasteiger partial charge in [-0.2, -0.15) is 0 Å². The van der Waals surface area contributed by atoms with Crippen LogP contribution in [-0.4, -0.2) is 91.7 Å². The molecule has 0 unspecified atom stereocenters. The van der Waals surface area contributed by atoms with E-state index in [2.05, 4.69) is 56.4 Å². The maximum Gasteiger partial charge on any atom is 0.191 e. The van der Waals surface area contributed by atoms with Crippen molar-refractivity contribution in [1.82, 2.24) is 25.4 Å². The highest BCUT2D eigenvalue weighted by Crippen LogP contribution is 2.31. The minimum absolute atomic E-state index is 0. The van der Waals surface area contributed by atoms with Gasteiger partial charge < -0.3 is 20.4 Å². The van der Waals surface area contributed by atoms with Crippen molar-refractivity contribution in [1.29, 1.82) is 0 Å². The van der Waals surface area contributed by atoms with E-state index in [1.165, 1.54) is 58.3 Å². The van der Waals surface area contributed by atoms with E-state index in [1.54, 1.807) is 0 Å². The molecule has 0 bridgehead atoms. The van der Waals surface area contributed by atoms with Gasteiger partial charge in [-0.15, -0.1) is 24.0 Å². The smallest absolute Gasteiger partial charge is 0.191 e. The number of piperidine rings is 3. The first kappa shape index (κ1) is 26.5. The summed E-state index contributed by atoms with van der Waals surface area (Å²) in [6.45, 7) is 10.9. The molecule has 0 aromatic carbocycles. The molecule has 2 N–H and O–H groups in total. The Bertz CT molecular complexity index is 707. The van der Waals surface area contributed by atoms with Crippen LogP contribution in [0.15, 0.2) is 29.4 Å². The summed E-state index contributed by atoms with van der Waals surface area (Å²) in [4.78, 5) is 17.4. The van der Waals surface area contributed by atoms with Crippen LogP contribution in [0.3, 0.4) is 0 Å². The van der Waals surface area contributed by atoms with Gasteiger partial charge in [-0.3, -0.25) is 9.89 Å². The lowest BCUT2D eigenvalue weighted by atomic mass is 9.84. The molecule has 4 heterocycles. The van der Waals surface area contributed by atoms with Gasteiger partial charge in [0.25, 0.3) is 0 Å². The van der Waals surface area contributed by atoms with Crippen LogP contribution in [0, 0.1) is 0 Å². The van der Waals surface area contributed by atoms with Gasteiger partial charge in [-0.05, 0) is 90.8 Å². The molecule has 1 aromatic heterocycles. The Labute approximate surface area is 217 Å². The Morgan fingerprint density at radius 2 is 1.79 bits per heavy atom. The van der Waals surface area contributed by atoms with Gasteiger partial charge in [0.15, 0.2) is 5.96 Å². The third-order valence-electron chi connectivity index (χ3n) is 7.63. The SMILES string of the molecule is CCNC(=NCC1(N2CCCCC2)CCN(C)CC1)NC1CCN(c2ccccn2)CC1.I. The van der Waals surface area contributed by atoms with E-state index < -0.39 is 0 Å². The Kier molecular flexibility index (Phi) is 10.5. The number of nitrogens with zero attached hydrogens (tertiary/aromatic N) is 5. The van der Waals surface area contributed by atoms with Crippen LogP contribution < -0.4 is 15.5 Å². The minimum atomic E-state index is 0. The van der Waals surface area contributed by atoms with E-state index in [0.29, 0.717) is 6.04 Å². The molecule has 3 aliphatic heterocycles. The van der Waals surface area contributed by atoms with Crippen molar-refractivity contribution >= 4 is 35.8 Å². The molecule has 0 spiro atoms. The lowest BCUT2D eigenvalue weighted by Crippen LogP contribution is -2.58. The molecule has 0 aliphatic carbocycles. The maximum absolute atomic E-state index is 5.19. The first-order valence-electron chi connectivity index (χ1n) is 12.8. The van der Waals surface area contributed by atoms with Gasteiger partial charge in [0.2, 0.25) is 0 Å². The minimum Gasteiger partial charge on any atom is -0.357 e. The number of rotatable bonds is 6. The molecule has 1 aromatic rings. The number of aromatic nitrogens is 1. The second-order valence-electron chi connectivity index (χ2n) is 9.86. The first-order valence-corrected chi connectivity index (χ1v) is 12.8. The molecule has 33 heavy (non-hydrogen) atoms. The van der Waals surface area contributed by atoms with E-state index in [9.17, 15) is 0 Å². The average Bonchev–Trinajstić information content (AvgIpc) is 2.85. The second-order valence-corrected chi connectivity index (χ2v) is 9.86. The number of hydrogen-bond acceptors (Lipinski definition) is 5. The standard InChI is InChI=1S/C25H43N7.HI/c1-3-26-24(29-22-10-17-31(18-11-22)23-9-5-6-14-27-23)28-21-25(12-19-30(2)20-13-25)32-15-7-4-8-16-32;/h5-6,9,14,22H,3-4,7-8,10-13,15-21H2,1-2H3,(H2,26,28,29);1H. The van der Waals surface area contributed by atoms with Crippen LogP contribution >= 0.6 is 24.0 Å². The van der Waals surface area contributed by atoms with Crippen LogP contribution in [0.4, 0.5) is 5.82 Å². The lowest BCUT2D eigenvalue weighted by molar-refractivity contribution is 0.0208. The summed E-state index contributed by atoms with van der Waals surface area (Å²) in [5.41, 5.74) is 0.234. The number of aliphatic imine (C=N–C) groups is 1. The Morgan fingerprint density at radius 1 is 1.06 bits per heavy atom. The van der Waals surface area contributed by atoms with Crippen molar-refractivity contribution in [3.05, 3.63) is 24.4 Å². The molecule has 4 rings (SSSR count). The van der Waals surface area contributed by atoms with Crippen LogP contribution in [0.1, 0.15) is 51.9 Å². The highest BCUT2D eigenvalue weighted by atomic mass is 127. The quantitative estimate of drug-likeness (QED) is 0.312.